The molecular formula is C23H31N3O3S. The van der Waals surface area contributed by atoms with E-state index in [2.05, 4.69) is 21.7 Å². The third-order valence-electron chi connectivity index (χ3n) is 5.28. The fourth-order valence-corrected chi connectivity index (χ4v) is 4.40. The first-order valence-electron chi connectivity index (χ1n) is 10.6. The predicted octanol–water partition coefficient (Wildman–Crippen LogP) is 4.15. The van der Waals surface area contributed by atoms with E-state index in [9.17, 15) is 9.59 Å². The molecule has 0 saturated heterocycles. The van der Waals surface area contributed by atoms with Crippen molar-refractivity contribution in [2.24, 2.45) is 5.92 Å². The van der Waals surface area contributed by atoms with Crippen molar-refractivity contribution in [2.75, 3.05) is 0 Å². The minimum absolute atomic E-state index is 0.0244. The number of rotatable bonds is 7. The first-order chi connectivity index (χ1) is 14.3. The van der Waals surface area contributed by atoms with Crippen molar-refractivity contribution in [3.8, 4) is 5.75 Å². The summed E-state index contributed by atoms with van der Waals surface area (Å²) < 4.78 is 5.85. The summed E-state index contributed by atoms with van der Waals surface area (Å²) in [6, 6.07) is 5.99. The number of nitrogens with zero attached hydrogens (tertiary/aromatic N) is 1. The maximum absolute atomic E-state index is 12.7. The number of benzene rings is 1. The fourth-order valence-electron chi connectivity index (χ4n) is 3.71. The number of ether oxygens (including phenoxy) is 1. The molecule has 2 atom stereocenters. The van der Waals surface area contributed by atoms with Gasteiger partial charge in [0.2, 0.25) is 5.91 Å². The molecule has 0 spiro atoms. The normalized spacial score (nSPS) is 18.8. The molecule has 2 unspecified atom stereocenters. The minimum Gasteiger partial charge on any atom is -0.486 e. The van der Waals surface area contributed by atoms with Gasteiger partial charge in [-0.05, 0) is 49.9 Å². The van der Waals surface area contributed by atoms with Crippen LogP contribution in [0.4, 0.5) is 0 Å². The van der Waals surface area contributed by atoms with Gasteiger partial charge in [-0.25, -0.2) is 4.98 Å². The Hall–Kier alpha value is -2.41. The van der Waals surface area contributed by atoms with Gasteiger partial charge in [-0.15, -0.1) is 11.3 Å². The van der Waals surface area contributed by atoms with Crippen molar-refractivity contribution in [2.45, 2.75) is 72.1 Å². The lowest BCUT2D eigenvalue weighted by Gasteiger charge is -2.33. The van der Waals surface area contributed by atoms with Gasteiger partial charge in [-0.2, -0.15) is 0 Å². The van der Waals surface area contributed by atoms with E-state index >= 15 is 0 Å². The molecule has 0 radical (unpaired) electrons. The zero-order valence-electron chi connectivity index (χ0n) is 18.2. The molecular weight excluding hydrogens is 398 g/mol. The summed E-state index contributed by atoms with van der Waals surface area (Å²) in [6.45, 7) is 8.16. The smallest absolute Gasteiger partial charge is 0.271 e. The van der Waals surface area contributed by atoms with Crippen LogP contribution in [0, 0.1) is 19.8 Å². The van der Waals surface area contributed by atoms with Crippen molar-refractivity contribution >= 4 is 23.2 Å². The van der Waals surface area contributed by atoms with Gasteiger partial charge in [0.1, 0.15) is 23.1 Å². The van der Waals surface area contributed by atoms with Gasteiger partial charge in [0.25, 0.3) is 5.91 Å². The second-order valence-electron chi connectivity index (χ2n) is 8.37. The lowest BCUT2D eigenvalue weighted by Crippen LogP contribution is -2.53. The second kappa shape index (κ2) is 10.1. The van der Waals surface area contributed by atoms with Crippen LogP contribution in [0.3, 0.4) is 0 Å². The maximum Gasteiger partial charge on any atom is 0.271 e. The Morgan fingerprint density at radius 2 is 1.73 bits per heavy atom. The highest BCUT2D eigenvalue weighted by atomic mass is 32.1. The Balaban J connectivity index is 1.57. The van der Waals surface area contributed by atoms with Crippen LogP contribution in [0.5, 0.6) is 5.75 Å². The molecule has 0 bridgehead atoms. The summed E-state index contributed by atoms with van der Waals surface area (Å²) >= 11 is 1.42. The monoisotopic (exact) mass is 429 g/mol. The lowest BCUT2D eigenvalue weighted by molar-refractivity contribution is -0.125. The SMILES string of the molecule is Cc1cc(C)cc(OCc2nc(C(=O)NC3CCCCC3NC(=O)C(C)C)cs2)c1. The zero-order chi connectivity index (χ0) is 21.7. The second-order valence-corrected chi connectivity index (χ2v) is 9.32. The molecule has 0 aliphatic heterocycles. The van der Waals surface area contributed by atoms with E-state index in [4.69, 9.17) is 4.74 Å². The van der Waals surface area contributed by atoms with Gasteiger partial charge in [-0.1, -0.05) is 32.8 Å². The lowest BCUT2D eigenvalue weighted by atomic mass is 9.89. The molecule has 2 N–H and O–H groups in total. The third-order valence-corrected chi connectivity index (χ3v) is 6.10. The number of nitrogens with one attached hydrogen (secondary N) is 2. The molecule has 1 aliphatic rings. The van der Waals surface area contributed by atoms with Crippen LogP contribution in [0.1, 0.15) is 66.2 Å². The largest absolute Gasteiger partial charge is 0.486 e. The topological polar surface area (TPSA) is 80.3 Å². The quantitative estimate of drug-likeness (QED) is 0.693. The van der Waals surface area contributed by atoms with E-state index in [0.29, 0.717) is 12.3 Å². The number of aromatic nitrogens is 1. The van der Waals surface area contributed by atoms with Crippen LogP contribution in [0.15, 0.2) is 23.6 Å². The number of carbonyl (C=O) groups is 2. The summed E-state index contributed by atoms with van der Waals surface area (Å²) in [5, 5.41) is 8.69. The van der Waals surface area contributed by atoms with E-state index in [1.54, 1.807) is 5.38 Å². The number of hydrogen-bond donors (Lipinski definition) is 2. The van der Waals surface area contributed by atoms with Crippen molar-refractivity contribution in [1.29, 1.82) is 0 Å². The molecule has 1 aromatic carbocycles. The van der Waals surface area contributed by atoms with Crippen LogP contribution in [0.25, 0.3) is 0 Å². The standard InChI is InChI=1S/C23H31N3O3S/c1-14(2)22(27)25-18-7-5-6-8-19(18)26-23(28)20-13-30-21(24-20)12-29-17-10-15(3)9-16(4)11-17/h9-11,13-14,18-19H,5-8,12H2,1-4H3,(H,25,27)(H,26,28). The number of amides is 2. The maximum atomic E-state index is 12.7. The van der Waals surface area contributed by atoms with Crippen molar-refractivity contribution in [3.63, 3.8) is 0 Å². The van der Waals surface area contributed by atoms with Crippen LogP contribution in [-0.2, 0) is 11.4 Å². The van der Waals surface area contributed by atoms with Gasteiger partial charge >= 0.3 is 0 Å². The molecule has 1 saturated carbocycles. The number of hydrogen-bond acceptors (Lipinski definition) is 5. The van der Waals surface area contributed by atoms with Crippen LogP contribution < -0.4 is 15.4 Å². The Bertz CT molecular complexity index is 873. The zero-order valence-corrected chi connectivity index (χ0v) is 19.0. The Morgan fingerprint density at radius 3 is 2.37 bits per heavy atom. The molecule has 1 aromatic heterocycles. The van der Waals surface area contributed by atoms with Gasteiger partial charge in [0.15, 0.2) is 0 Å². The minimum atomic E-state index is -0.195. The fraction of sp³-hybridized carbons (Fsp3) is 0.522. The molecule has 3 rings (SSSR count). The molecule has 6 nitrogen and oxygen atoms in total. The van der Waals surface area contributed by atoms with E-state index in [0.717, 1.165) is 47.6 Å². The predicted molar refractivity (Wildman–Crippen MR) is 119 cm³/mol. The number of thiazole rings is 1. The van der Waals surface area contributed by atoms with E-state index < -0.39 is 0 Å². The molecule has 2 amide bonds. The van der Waals surface area contributed by atoms with Crippen LogP contribution in [-0.4, -0.2) is 28.9 Å². The van der Waals surface area contributed by atoms with Crippen molar-refractivity contribution in [3.05, 3.63) is 45.4 Å². The molecule has 162 valence electrons. The van der Waals surface area contributed by atoms with E-state index in [1.165, 1.54) is 11.3 Å². The van der Waals surface area contributed by atoms with Gasteiger partial charge in [-0.3, -0.25) is 9.59 Å². The highest BCUT2D eigenvalue weighted by Crippen LogP contribution is 2.21. The Morgan fingerprint density at radius 1 is 1.10 bits per heavy atom. The summed E-state index contributed by atoms with van der Waals surface area (Å²) in [7, 11) is 0. The van der Waals surface area contributed by atoms with Crippen molar-refractivity contribution in [1.82, 2.24) is 15.6 Å². The average molecular weight is 430 g/mol. The van der Waals surface area contributed by atoms with Gasteiger partial charge in [0, 0.05) is 23.4 Å². The molecule has 1 aliphatic carbocycles. The number of aryl methyl sites for hydroxylation is 2. The summed E-state index contributed by atoms with van der Waals surface area (Å²) in [5.74, 6) is 0.571. The van der Waals surface area contributed by atoms with Crippen LogP contribution >= 0.6 is 11.3 Å². The van der Waals surface area contributed by atoms with Gasteiger partial charge in [0.05, 0.1) is 0 Å². The average Bonchev–Trinajstić information content (AvgIpc) is 3.16. The highest BCUT2D eigenvalue weighted by molar-refractivity contribution is 7.09. The van der Waals surface area contributed by atoms with Crippen molar-refractivity contribution < 1.29 is 14.3 Å². The first kappa shape index (κ1) is 22.3. The van der Waals surface area contributed by atoms with Gasteiger partial charge < -0.3 is 15.4 Å². The summed E-state index contributed by atoms with van der Waals surface area (Å²) in [4.78, 5) is 29.3. The summed E-state index contributed by atoms with van der Waals surface area (Å²) in [5.41, 5.74) is 2.70. The molecule has 2 aromatic rings. The Kier molecular flexibility index (Phi) is 7.48. The first-order valence-corrected chi connectivity index (χ1v) is 11.5. The summed E-state index contributed by atoms with van der Waals surface area (Å²) in [6.07, 6.45) is 3.86. The third kappa shape index (κ3) is 6.05. The number of carbonyl (C=O) groups excluding carboxylic acids is 2. The molecule has 7 heteroatoms. The van der Waals surface area contributed by atoms with Crippen LogP contribution in [0.2, 0.25) is 0 Å². The van der Waals surface area contributed by atoms with E-state index in [1.807, 2.05) is 39.8 Å². The molecule has 1 heterocycles. The highest BCUT2D eigenvalue weighted by Gasteiger charge is 2.29. The Labute approximate surface area is 182 Å². The van der Waals surface area contributed by atoms with E-state index in [-0.39, 0.29) is 29.8 Å². The molecule has 1 fully saturated rings. The molecule has 30 heavy (non-hydrogen) atoms.